The van der Waals surface area contributed by atoms with Gasteiger partial charge in [-0.15, -0.1) is 0 Å². The Morgan fingerprint density at radius 3 is 2.41 bits per heavy atom. The monoisotopic (exact) mass is 384 g/mol. The molecule has 1 N–H and O–H groups in total. The zero-order valence-corrected chi connectivity index (χ0v) is 16.3. The maximum Gasteiger partial charge on any atom is 0.241 e. The normalized spacial score (nSPS) is 18.0. The lowest BCUT2D eigenvalue weighted by Crippen LogP contribution is -2.27. The summed E-state index contributed by atoms with van der Waals surface area (Å²) < 4.78 is 28.3. The molecular weight excluding hydrogens is 360 g/mol. The van der Waals surface area contributed by atoms with Crippen LogP contribution in [0.3, 0.4) is 0 Å². The summed E-state index contributed by atoms with van der Waals surface area (Å²) in [4.78, 5) is 13.8. The second-order valence-electron chi connectivity index (χ2n) is 7.37. The first-order valence-corrected chi connectivity index (χ1v) is 11.0. The highest BCUT2D eigenvalue weighted by Gasteiger charge is 2.23. The Kier molecular flexibility index (Phi) is 4.78. The van der Waals surface area contributed by atoms with Crippen LogP contribution in [0.4, 0.5) is 5.69 Å². The third-order valence-corrected chi connectivity index (χ3v) is 7.04. The Labute approximate surface area is 160 Å². The molecule has 1 aliphatic carbocycles. The molecule has 0 saturated carbocycles. The number of hydrogen-bond acceptors (Lipinski definition) is 3. The van der Waals surface area contributed by atoms with Gasteiger partial charge in [0.05, 0.1) is 4.90 Å². The predicted octanol–water partition coefficient (Wildman–Crippen LogP) is 3.34. The van der Waals surface area contributed by atoms with E-state index < -0.39 is 10.0 Å². The zero-order valence-electron chi connectivity index (χ0n) is 15.4. The van der Waals surface area contributed by atoms with Gasteiger partial charge in [-0.2, -0.15) is 0 Å². The van der Waals surface area contributed by atoms with E-state index in [2.05, 4.69) is 16.9 Å². The summed E-state index contributed by atoms with van der Waals surface area (Å²) in [6.07, 6.45) is 4.75. The van der Waals surface area contributed by atoms with Gasteiger partial charge in [-0.1, -0.05) is 18.2 Å². The lowest BCUT2D eigenvalue weighted by Gasteiger charge is -2.18. The minimum Gasteiger partial charge on any atom is -0.312 e. The van der Waals surface area contributed by atoms with Crippen molar-refractivity contribution in [2.45, 2.75) is 50.0 Å². The lowest BCUT2D eigenvalue weighted by molar-refractivity contribution is -0.117. The number of fused-ring (bicyclic) bond motifs is 1. The van der Waals surface area contributed by atoms with Gasteiger partial charge < -0.3 is 4.90 Å². The maximum atomic E-state index is 12.8. The number of sulfonamides is 1. The number of aryl methyl sites for hydroxylation is 2. The van der Waals surface area contributed by atoms with Gasteiger partial charge >= 0.3 is 0 Å². The highest BCUT2D eigenvalue weighted by atomic mass is 32.2. The fourth-order valence-corrected chi connectivity index (χ4v) is 5.19. The van der Waals surface area contributed by atoms with Gasteiger partial charge in [-0.05, 0) is 73.6 Å². The average molecular weight is 385 g/mol. The van der Waals surface area contributed by atoms with Crippen molar-refractivity contribution >= 4 is 21.6 Å². The number of benzene rings is 2. The van der Waals surface area contributed by atoms with Gasteiger partial charge in [0.15, 0.2) is 0 Å². The number of anilines is 1. The first-order valence-electron chi connectivity index (χ1n) is 9.48. The molecule has 1 heterocycles. The SMILES string of the molecule is C[C@@H](NS(=O)(=O)c1ccc(N2CCCC2=O)cc1)c1ccc2c(c1)CCC2. The average Bonchev–Trinajstić information content (AvgIpc) is 3.29. The second-order valence-corrected chi connectivity index (χ2v) is 9.08. The zero-order chi connectivity index (χ0) is 19.0. The minimum absolute atomic E-state index is 0.0916. The summed E-state index contributed by atoms with van der Waals surface area (Å²) in [6.45, 7) is 2.56. The molecule has 4 rings (SSSR count). The number of carbonyl (C=O) groups excluding carboxylic acids is 1. The number of nitrogens with zero attached hydrogens (tertiary/aromatic N) is 1. The highest BCUT2D eigenvalue weighted by Crippen LogP contribution is 2.27. The fourth-order valence-electron chi connectivity index (χ4n) is 3.96. The van der Waals surface area contributed by atoms with E-state index >= 15 is 0 Å². The molecule has 0 unspecified atom stereocenters. The minimum atomic E-state index is -3.63. The summed E-state index contributed by atoms with van der Waals surface area (Å²) in [6, 6.07) is 12.5. The van der Waals surface area contributed by atoms with Crippen molar-refractivity contribution < 1.29 is 13.2 Å². The molecule has 2 aromatic rings. The molecule has 2 aliphatic rings. The van der Waals surface area contributed by atoms with Gasteiger partial charge in [0.25, 0.3) is 0 Å². The number of carbonyl (C=O) groups is 1. The summed E-state index contributed by atoms with van der Waals surface area (Å²) in [7, 11) is -3.63. The Bertz CT molecular complexity index is 967. The van der Waals surface area contributed by atoms with Gasteiger partial charge in [-0.3, -0.25) is 4.79 Å². The maximum absolute atomic E-state index is 12.8. The first kappa shape index (κ1) is 18.2. The molecule has 27 heavy (non-hydrogen) atoms. The van der Waals surface area contributed by atoms with Crippen LogP contribution in [-0.2, 0) is 27.7 Å². The quantitative estimate of drug-likeness (QED) is 0.860. The Morgan fingerprint density at radius 1 is 0.963 bits per heavy atom. The molecule has 0 radical (unpaired) electrons. The highest BCUT2D eigenvalue weighted by molar-refractivity contribution is 7.89. The molecule has 6 heteroatoms. The van der Waals surface area contributed by atoms with Crippen LogP contribution >= 0.6 is 0 Å². The van der Waals surface area contributed by atoms with E-state index in [4.69, 9.17) is 0 Å². The van der Waals surface area contributed by atoms with Crippen LogP contribution in [0.5, 0.6) is 0 Å². The van der Waals surface area contributed by atoms with Crippen molar-refractivity contribution in [3.63, 3.8) is 0 Å². The van der Waals surface area contributed by atoms with Crippen LogP contribution in [0.2, 0.25) is 0 Å². The van der Waals surface area contributed by atoms with E-state index in [-0.39, 0.29) is 16.8 Å². The molecule has 1 saturated heterocycles. The Balaban J connectivity index is 1.50. The van der Waals surface area contributed by atoms with Crippen LogP contribution < -0.4 is 9.62 Å². The van der Waals surface area contributed by atoms with E-state index in [0.717, 1.165) is 30.5 Å². The number of amides is 1. The van der Waals surface area contributed by atoms with E-state index in [1.165, 1.54) is 17.5 Å². The van der Waals surface area contributed by atoms with Crippen molar-refractivity contribution in [2.24, 2.45) is 0 Å². The van der Waals surface area contributed by atoms with Crippen LogP contribution in [0.15, 0.2) is 47.4 Å². The molecule has 0 spiro atoms. The van der Waals surface area contributed by atoms with E-state index in [0.29, 0.717) is 13.0 Å². The molecule has 1 atom stereocenters. The third-order valence-electron chi connectivity index (χ3n) is 5.49. The summed E-state index contributed by atoms with van der Waals surface area (Å²) in [5.41, 5.74) is 4.45. The number of rotatable bonds is 5. The van der Waals surface area contributed by atoms with E-state index in [9.17, 15) is 13.2 Å². The summed E-state index contributed by atoms with van der Waals surface area (Å²) >= 11 is 0. The van der Waals surface area contributed by atoms with Crippen molar-refractivity contribution in [3.8, 4) is 0 Å². The largest absolute Gasteiger partial charge is 0.312 e. The van der Waals surface area contributed by atoms with E-state index in [1.54, 1.807) is 29.2 Å². The molecular formula is C21H24N2O3S. The molecule has 2 aromatic carbocycles. The van der Waals surface area contributed by atoms with Crippen LogP contribution in [0, 0.1) is 0 Å². The molecule has 1 amide bonds. The van der Waals surface area contributed by atoms with Crippen molar-refractivity contribution in [2.75, 3.05) is 11.4 Å². The second kappa shape index (κ2) is 7.09. The van der Waals surface area contributed by atoms with Gasteiger partial charge in [0, 0.05) is 24.7 Å². The Morgan fingerprint density at radius 2 is 1.70 bits per heavy atom. The predicted molar refractivity (Wildman–Crippen MR) is 105 cm³/mol. The summed E-state index contributed by atoms with van der Waals surface area (Å²) in [5.74, 6) is 0.0916. The van der Waals surface area contributed by atoms with Gasteiger partial charge in [0.1, 0.15) is 0 Å². The molecule has 1 aliphatic heterocycles. The molecule has 1 fully saturated rings. The molecule has 0 bridgehead atoms. The van der Waals surface area contributed by atoms with Gasteiger partial charge in [-0.25, -0.2) is 13.1 Å². The number of nitrogens with one attached hydrogen (secondary N) is 1. The van der Waals surface area contributed by atoms with Crippen LogP contribution in [0.1, 0.15) is 48.9 Å². The van der Waals surface area contributed by atoms with Crippen LogP contribution in [-0.4, -0.2) is 20.9 Å². The molecule has 5 nitrogen and oxygen atoms in total. The van der Waals surface area contributed by atoms with Gasteiger partial charge in [0.2, 0.25) is 15.9 Å². The number of hydrogen-bond donors (Lipinski definition) is 1. The van der Waals surface area contributed by atoms with E-state index in [1.807, 2.05) is 13.0 Å². The Hall–Kier alpha value is -2.18. The molecule has 142 valence electrons. The topological polar surface area (TPSA) is 66.5 Å². The van der Waals surface area contributed by atoms with Crippen molar-refractivity contribution in [1.82, 2.24) is 4.72 Å². The third kappa shape index (κ3) is 3.64. The molecule has 0 aromatic heterocycles. The first-order chi connectivity index (χ1) is 12.9. The standard InChI is InChI=1S/C21H24N2O3S/c1-15(17-8-7-16-4-2-5-18(16)14-17)22-27(25,26)20-11-9-19(10-12-20)23-13-3-6-21(23)24/h7-12,14-15,22H,2-6,13H2,1H3/t15-/m1/s1. The summed E-state index contributed by atoms with van der Waals surface area (Å²) in [5, 5.41) is 0. The smallest absolute Gasteiger partial charge is 0.241 e. The fraction of sp³-hybridized carbons (Fsp3) is 0.381. The van der Waals surface area contributed by atoms with Crippen molar-refractivity contribution in [1.29, 1.82) is 0 Å². The lowest BCUT2D eigenvalue weighted by atomic mass is 10.0. The van der Waals surface area contributed by atoms with Crippen LogP contribution in [0.25, 0.3) is 0 Å². The van der Waals surface area contributed by atoms with Crippen molar-refractivity contribution in [3.05, 3.63) is 59.2 Å².